The van der Waals surface area contributed by atoms with Gasteiger partial charge in [-0.1, -0.05) is 31.2 Å². The number of fused-ring (bicyclic) bond motifs is 1. The smallest absolute Gasteiger partial charge is 0.309 e. The number of benzene rings is 1. The number of aromatic nitrogens is 2. The molecule has 0 unspecified atom stereocenters. The molecule has 1 amide bonds. The molecule has 2 heterocycles. The summed E-state index contributed by atoms with van der Waals surface area (Å²) in [6.45, 7) is 6.13. The summed E-state index contributed by atoms with van der Waals surface area (Å²) >= 11 is 0. The van der Waals surface area contributed by atoms with Crippen LogP contribution in [0.4, 0.5) is 0 Å². The maximum Gasteiger partial charge on any atom is 0.309 e. The second-order valence-corrected chi connectivity index (χ2v) is 7.96. The van der Waals surface area contributed by atoms with Crippen LogP contribution in [0.25, 0.3) is 0 Å². The van der Waals surface area contributed by atoms with Gasteiger partial charge in [0.15, 0.2) is 0 Å². The minimum absolute atomic E-state index is 0.0189. The van der Waals surface area contributed by atoms with Gasteiger partial charge < -0.3 is 9.64 Å². The van der Waals surface area contributed by atoms with E-state index in [2.05, 4.69) is 24.2 Å². The van der Waals surface area contributed by atoms with Crippen molar-refractivity contribution in [2.75, 3.05) is 19.7 Å². The molecule has 2 aliphatic rings. The maximum atomic E-state index is 13.2. The molecule has 0 radical (unpaired) electrons. The van der Waals surface area contributed by atoms with E-state index in [0.717, 1.165) is 5.56 Å². The summed E-state index contributed by atoms with van der Waals surface area (Å²) in [6, 6.07) is 9.60. The molecule has 152 valence electrons. The van der Waals surface area contributed by atoms with Gasteiger partial charge in [0.2, 0.25) is 0 Å². The van der Waals surface area contributed by atoms with Gasteiger partial charge in [-0.05, 0) is 48.4 Å². The lowest BCUT2D eigenvalue weighted by atomic mass is 9.72. The molecule has 0 bridgehead atoms. The molecule has 6 heteroatoms. The Labute approximate surface area is 171 Å². The maximum absolute atomic E-state index is 13.2. The molecule has 1 aromatic heterocycles. The fraction of sp³-hybridized carbons (Fsp3) is 0.435. The van der Waals surface area contributed by atoms with Crippen LogP contribution in [0.5, 0.6) is 0 Å². The lowest BCUT2D eigenvalue weighted by Crippen LogP contribution is -2.37. The number of likely N-dealkylation sites (tertiary alicyclic amines) is 1. The molecule has 4 rings (SSSR count). The van der Waals surface area contributed by atoms with Crippen molar-refractivity contribution in [1.29, 1.82) is 0 Å². The zero-order valence-corrected chi connectivity index (χ0v) is 16.9. The number of amides is 1. The molecule has 29 heavy (non-hydrogen) atoms. The molecule has 2 aromatic rings. The third kappa shape index (κ3) is 3.97. The van der Waals surface area contributed by atoms with Gasteiger partial charge in [0.05, 0.1) is 19.1 Å². The molecule has 0 N–H and O–H groups in total. The van der Waals surface area contributed by atoms with E-state index >= 15 is 0 Å². The number of allylic oxidation sites excluding steroid dienone is 1. The van der Waals surface area contributed by atoms with Gasteiger partial charge in [0.25, 0.3) is 5.91 Å². The summed E-state index contributed by atoms with van der Waals surface area (Å²) in [5.74, 6) is 0.138. The minimum atomic E-state index is -0.186. The number of esters is 1. The van der Waals surface area contributed by atoms with Crippen LogP contribution < -0.4 is 0 Å². The van der Waals surface area contributed by atoms with Crippen LogP contribution in [0.15, 0.2) is 54.9 Å². The lowest BCUT2D eigenvalue weighted by molar-refractivity contribution is -0.152. The summed E-state index contributed by atoms with van der Waals surface area (Å²) in [7, 11) is 0. The fourth-order valence-corrected chi connectivity index (χ4v) is 4.63. The second-order valence-electron chi connectivity index (χ2n) is 7.96. The summed E-state index contributed by atoms with van der Waals surface area (Å²) in [5.41, 5.74) is 1.71. The Hall–Kier alpha value is -2.89. The van der Waals surface area contributed by atoms with E-state index in [9.17, 15) is 9.59 Å². The number of rotatable bonds is 5. The Morgan fingerprint density at radius 1 is 1.21 bits per heavy atom. The highest BCUT2D eigenvalue weighted by atomic mass is 16.5. The SMILES string of the molecule is CCOC(=O)[C@@H]1[C@H]2CN(C(=O)c3cccc(Cn4cccn4)c3)C[C@@H]2C=C[C@@H]1C. The van der Waals surface area contributed by atoms with E-state index in [1.165, 1.54) is 0 Å². The van der Waals surface area contributed by atoms with Gasteiger partial charge in [-0.25, -0.2) is 0 Å². The standard InChI is InChI=1S/C23H27N3O3/c1-3-29-23(28)21-16(2)8-9-19-14-25(15-20(19)21)22(27)18-7-4-6-17(12-18)13-26-11-5-10-24-26/h4-12,16,19-21H,3,13-15H2,1-2H3/t16-,19-,20-,21-/m0/s1. The number of hydrogen-bond acceptors (Lipinski definition) is 4. The van der Waals surface area contributed by atoms with E-state index in [-0.39, 0.29) is 35.5 Å². The first-order valence-electron chi connectivity index (χ1n) is 10.3. The normalized spacial score (nSPS) is 25.7. The average molecular weight is 393 g/mol. The first-order chi connectivity index (χ1) is 14.1. The Morgan fingerprint density at radius 2 is 2.07 bits per heavy atom. The zero-order chi connectivity index (χ0) is 20.4. The Balaban J connectivity index is 1.49. The van der Waals surface area contributed by atoms with E-state index in [1.807, 2.05) is 53.0 Å². The van der Waals surface area contributed by atoms with Crippen molar-refractivity contribution in [2.45, 2.75) is 20.4 Å². The molecule has 1 fully saturated rings. The highest BCUT2D eigenvalue weighted by Crippen LogP contribution is 2.40. The van der Waals surface area contributed by atoms with Crippen LogP contribution in [-0.2, 0) is 16.1 Å². The van der Waals surface area contributed by atoms with Gasteiger partial charge >= 0.3 is 5.97 Å². The molecule has 1 aromatic carbocycles. The summed E-state index contributed by atoms with van der Waals surface area (Å²) in [5, 5.41) is 4.23. The predicted octanol–water partition coefficient (Wildman–Crippen LogP) is 3.00. The predicted molar refractivity (Wildman–Crippen MR) is 109 cm³/mol. The fourth-order valence-electron chi connectivity index (χ4n) is 4.63. The van der Waals surface area contributed by atoms with Crippen molar-refractivity contribution < 1.29 is 14.3 Å². The number of ether oxygens (including phenoxy) is 1. The number of carbonyl (C=O) groups is 2. The third-order valence-electron chi connectivity index (χ3n) is 6.03. The minimum Gasteiger partial charge on any atom is -0.466 e. The monoisotopic (exact) mass is 393 g/mol. The average Bonchev–Trinajstić information content (AvgIpc) is 3.37. The molecular weight excluding hydrogens is 366 g/mol. The third-order valence-corrected chi connectivity index (χ3v) is 6.03. The van der Waals surface area contributed by atoms with E-state index < -0.39 is 0 Å². The van der Waals surface area contributed by atoms with Crippen molar-refractivity contribution in [3.63, 3.8) is 0 Å². The Bertz CT molecular complexity index is 906. The molecule has 0 spiro atoms. The van der Waals surface area contributed by atoms with Gasteiger partial charge in [0, 0.05) is 31.0 Å². The van der Waals surface area contributed by atoms with Crippen LogP contribution >= 0.6 is 0 Å². The summed E-state index contributed by atoms with van der Waals surface area (Å²) < 4.78 is 7.16. The highest BCUT2D eigenvalue weighted by molar-refractivity contribution is 5.94. The van der Waals surface area contributed by atoms with E-state index in [0.29, 0.717) is 31.8 Å². The van der Waals surface area contributed by atoms with Gasteiger partial charge in [-0.15, -0.1) is 0 Å². The Kier molecular flexibility index (Phi) is 5.51. The van der Waals surface area contributed by atoms with Crippen molar-refractivity contribution >= 4 is 11.9 Å². The van der Waals surface area contributed by atoms with Gasteiger partial charge in [-0.2, -0.15) is 5.10 Å². The molecule has 4 atom stereocenters. The van der Waals surface area contributed by atoms with E-state index in [1.54, 1.807) is 6.20 Å². The first kappa shape index (κ1) is 19.4. The summed E-state index contributed by atoms with van der Waals surface area (Å²) in [4.78, 5) is 27.6. The van der Waals surface area contributed by atoms with Crippen molar-refractivity contribution in [2.24, 2.45) is 23.7 Å². The number of carbonyl (C=O) groups excluding carboxylic acids is 2. The molecule has 1 aliphatic carbocycles. The van der Waals surface area contributed by atoms with E-state index in [4.69, 9.17) is 4.74 Å². The van der Waals surface area contributed by atoms with Crippen molar-refractivity contribution in [1.82, 2.24) is 14.7 Å². The van der Waals surface area contributed by atoms with Crippen LogP contribution in [0.3, 0.4) is 0 Å². The van der Waals surface area contributed by atoms with Crippen molar-refractivity contribution in [3.05, 3.63) is 66.0 Å². The summed E-state index contributed by atoms with van der Waals surface area (Å²) in [6.07, 6.45) is 7.92. The van der Waals surface area contributed by atoms with Gasteiger partial charge in [0.1, 0.15) is 0 Å². The molecule has 6 nitrogen and oxygen atoms in total. The van der Waals surface area contributed by atoms with Crippen LogP contribution in [0.1, 0.15) is 29.8 Å². The zero-order valence-electron chi connectivity index (χ0n) is 16.9. The largest absolute Gasteiger partial charge is 0.466 e. The van der Waals surface area contributed by atoms with Crippen molar-refractivity contribution in [3.8, 4) is 0 Å². The number of hydrogen-bond donors (Lipinski definition) is 0. The van der Waals surface area contributed by atoms with Crippen LogP contribution in [0, 0.1) is 23.7 Å². The molecular formula is C23H27N3O3. The quantitative estimate of drug-likeness (QED) is 0.579. The van der Waals surface area contributed by atoms with Gasteiger partial charge in [-0.3, -0.25) is 14.3 Å². The second kappa shape index (κ2) is 8.23. The Morgan fingerprint density at radius 3 is 2.83 bits per heavy atom. The lowest BCUT2D eigenvalue weighted by Gasteiger charge is -2.31. The number of nitrogens with zero attached hydrogens (tertiary/aromatic N) is 3. The molecule has 1 saturated heterocycles. The highest BCUT2D eigenvalue weighted by Gasteiger charge is 2.46. The van der Waals surface area contributed by atoms with Crippen LogP contribution in [0.2, 0.25) is 0 Å². The molecule has 1 aliphatic heterocycles. The first-order valence-corrected chi connectivity index (χ1v) is 10.3. The molecule has 0 saturated carbocycles. The topological polar surface area (TPSA) is 64.4 Å². The van der Waals surface area contributed by atoms with Crippen LogP contribution in [-0.4, -0.2) is 46.3 Å².